The number of halogens is 2. The number of ether oxygens (including phenoxy) is 2. The molecule has 0 aliphatic carbocycles. The maximum Gasteiger partial charge on any atom is 0.346 e. The number of hydrogen-bond acceptors (Lipinski definition) is 6. The van der Waals surface area contributed by atoms with Crippen LogP contribution in [0.1, 0.15) is 24.2 Å². The molecule has 1 heterocycles. The topological polar surface area (TPSA) is 90.7 Å². The van der Waals surface area contributed by atoms with Crippen molar-refractivity contribution in [2.75, 3.05) is 11.9 Å². The van der Waals surface area contributed by atoms with Gasteiger partial charge in [0.1, 0.15) is 11.4 Å². The summed E-state index contributed by atoms with van der Waals surface area (Å²) in [7, 11) is 0. The van der Waals surface area contributed by atoms with E-state index in [1.807, 2.05) is 0 Å². The molecule has 0 bridgehead atoms. The second-order valence-corrected chi connectivity index (χ2v) is 7.52. The zero-order chi connectivity index (χ0) is 21.7. The van der Waals surface area contributed by atoms with Gasteiger partial charge < -0.3 is 14.0 Å². The summed E-state index contributed by atoms with van der Waals surface area (Å²) in [4.78, 5) is 25.1. The average molecular weight is 494 g/mol. The molecule has 156 valence electrons. The summed E-state index contributed by atoms with van der Waals surface area (Å²) >= 11 is 9.27. The molecular formula is C21H18BrClN2O5. The maximum absolute atomic E-state index is 12.6. The third kappa shape index (κ3) is 5.20. The van der Waals surface area contributed by atoms with Crippen molar-refractivity contribution in [2.24, 2.45) is 0 Å². The van der Waals surface area contributed by atoms with E-state index < -0.39 is 18.0 Å². The smallest absolute Gasteiger partial charge is 0.346 e. The number of carbonyl (C=O) groups is 2. The second kappa shape index (κ2) is 9.77. The number of amides is 1. The van der Waals surface area contributed by atoms with E-state index in [0.29, 0.717) is 16.3 Å². The summed E-state index contributed by atoms with van der Waals surface area (Å²) in [5.74, 6) is -0.775. The van der Waals surface area contributed by atoms with Crippen molar-refractivity contribution in [2.45, 2.75) is 20.0 Å². The number of nitrogens with zero attached hydrogens (tertiary/aromatic N) is 1. The minimum Gasteiger partial charge on any atom is -0.481 e. The fraction of sp³-hybridized carbons (Fsp3) is 0.190. The minimum atomic E-state index is -0.856. The molecule has 3 aromatic rings. The minimum absolute atomic E-state index is 0.0170. The van der Waals surface area contributed by atoms with Crippen LogP contribution in [0, 0.1) is 0 Å². The summed E-state index contributed by atoms with van der Waals surface area (Å²) in [5, 5.41) is 7.03. The van der Waals surface area contributed by atoms with E-state index in [1.54, 1.807) is 62.4 Å². The Morgan fingerprint density at radius 3 is 2.47 bits per heavy atom. The molecule has 0 saturated carbocycles. The normalized spacial score (nSPS) is 11.6. The zero-order valence-corrected chi connectivity index (χ0v) is 18.5. The SMILES string of the molecule is CCOC(=O)c1c(-c2ccc(Cl)cc2)noc1NC(=O)C(C)Oc1ccc(Br)cc1. The Morgan fingerprint density at radius 1 is 1.17 bits per heavy atom. The van der Waals surface area contributed by atoms with Crippen LogP contribution >= 0.6 is 27.5 Å². The molecule has 30 heavy (non-hydrogen) atoms. The Kier molecular flexibility index (Phi) is 7.12. The number of carbonyl (C=O) groups excluding carboxylic acids is 2. The van der Waals surface area contributed by atoms with E-state index in [1.165, 1.54) is 0 Å². The molecule has 1 unspecified atom stereocenters. The maximum atomic E-state index is 12.6. The number of hydrogen-bond donors (Lipinski definition) is 1. The molecule has 1 amide bonds. The molecule has 1 atom stereocenters. The monoisotopic (exact) mass is 492 g/mol. The van der Waals surface area contributed by atoms with E-state index in [0.717, 1.165) is 4.47 Å². The first-order valence-electron chi connectivity index (χ1n) is 9.05. The summed E-state index contributed by atoms with van der Waals surface area (Å²) < 4.78 is 16.9. The molecule has 9 heteroatoms. The van der Waals surface area contributed by atoms with Crippen LogP contribution < -0.4 is 10.1 Å². The molecule has 1 aromatic heterocycles. The van der Waals surface area contributed by atoms with Crippen molar-refractivity contribution in [1.82, 2.24) is 5.16 Å². The lowest BCUT2D eigenvalue weighted by atomic mass is 10.1. The van der Waals surface area contributed by atoms with Gasteiger partial charge in [0.15, 0.2) is 11.7 Å². The first-order valence-corrected chi connectivity index (χ1v) is 10.2. The summed E-state index contributed by atoms with van der Waals surface area (Å²) in [5.41, 5.74) is 0.844. The molecule has 0 fully saturated rings. The zero-order valence-electron chi connectivity index (χ0n) is 16.1. The molecule has 0 saturated heterocycles. The van der Waals surface area contributed by atoms with Crippen molar-refractivity contribution in [3.63, 3.8) is 0 Å². The Hall–Kier alpha value is -2.84. The highest BCUT2D eigenvalue weighted by atomic mass is 79.9. The van der Waals surface area contributed by atoms with Crippen molar-refractivity contribution < 1.29 is 23.6 Å². The molecule has 3 rings (SSSR count). The molecule has 0 radical (unpaired) electrons. The Labute approximate surface area is 186 Å². The number of esters is 1. The summed E-state index contributed by atoms with van der Waals surface area (Å²) in [6.07, 6.45) is -0.856. The average Bonchev–Trinajstić information content (AvgIpc) is 3.14. The predicted molar refractivity (Wildman–Crippen MR) is 116 cm³/mol. The predicted octanol–water partition coefficient (Wildman–Crippen LogP) is 5.34. The number of aromatic nitrogens is 1. The Balaban J connectivity index is 1.83. The van der Waals surface area contributed by atoms with E-state index in [2.05, 4.69) is 26.4 Å². The highest BCUT2D eigenvalue weighted by Gasteiger charge is 2.28. The van der Waals surface area contributed by atoms with Gasteiger partial charge in [0.05, 0.1) is 6.61 Å². The van der Waals surface area contributed by atoms with Gasteiger partial charge in [-0.2, -0.15) is 0 Å². The second-order valence-electron chi connectivity index (χ2n) is 6.17. The van der Waals surface area contributed by atoms with Gasteiger partial charge in [-0.1, -0.05) is 44.8 Å². The van der Waals surface area contributed by atoms with Gasteiger partial charge >= 0.3 is 5.97 Å². The van der Waals surface area contributed by atoms with Crippen molar-refractivity contribution in [1.29, 1.82) is 0 Å². The highest BCUT2D eigenvalue weighted by Crippen LogP contribution is 2.30. The lowest BCUT2D eigenvalue weighted by Crippen LogP contribution is -2.30. The van der Waals surface area contributed by atoms with Crippen LogP contribution in [0.4, 0.5) is 5.88 Å². The Bertz CT molecular complexity index is 1030. The molecule has 2 aromatic carbocycles. The first kappa shape index (κ1) is 21.9. The van der Waals surface area contributed by atoms with Crippen molar-refractivity contribution in [3.8, 4) is 17.0 Å². The van der Waals surface area contributed by atoms with E-state index in [4.69, 9.17) is 25.6 Å². The van der Waals surface area contributed by atoms with Crippen LogP contribution in [0.3, 0.4) is 0 Å². The van der Waals surface area contributed by atoms with Gasteiger partial charge in [-0.15, -0.1) is 0 Å². The highest BCUT2D eigenvalue weighted by molar-refractivity contribution is 9.10. The molecule has 0 aliphatic heterocycles. The van der Waals surface area contributed by atoms with Crippen LogP contribution in [0.15, 0.2) is 57.5 Å². The van der Waals surface area contributed by atoms with Gasteiger partial charge in [-0.25, -0.2) is 4.79 Å². The van der Waals surface area contributed by atoms with Gasteiger partial charge in [-0.3, -0.25) is 10.1 Å². The largest absolute Gasteiger partial charge is 0.481 e. The standard InChI is InChI=1S/C21H18BrClN2O5/c1-3-28-21(27)17-18(13-4-8-15(23)9-5-13)25-30-20(17)24-19(26)12(2)29-16-10-6-14(22)7-11-16/h4-12H,3H2,1-2H3,(H,24,26). The first-order chi connectivity index (χ1) is 14.4. The van der Waals surface area contributed by atoms with E-state index in [9.17, 15) is 9.59 Å². The van der Waals surface area contributed by atoms with E-state index >= 15 is 0 Å². The molecule has 0 spiro atoms. The van der Waals surface area contributed by atoms with Gasteiger partial charge in [0.25, 0.3) is 5.91 Å². The number of rotatable bonds is 7. The third-order valence-electron chi connectivity index (χ3n) is 4.02. The fourth-order valence-corrected chi connectivity index (χ4v) is 2.95. The van der Waals surface area contributed by atoms with Gasteiger partial charge in [-0.05, 0) is 50.2 Å². The van der Waals surface area contributed by atoms with Crippen LogP contribution in [-0.4, -0.2) is 29.7 Å². The number of benzene rings is 2. The van der Waals surface area contributed by atoms with Crippen LogP contribution in [0.2, 0.25) is 5.02 Å². The van der Waals surface area contributed by atoms with Crippen LogP contribution in [-0.2, 0) is 9.53 Å². The Morgan fingerprint density at radius 2 is 1.83 bits per heavy atom. The van der Waals surface area contributed by atoms with Gasteiger partial charge in [0.2, 0.25) is 5.88 Å². The van der Waals surface area contributed by atoms with Gasteiger partial charge in [0, 0.05) is 15.1 Å². The van der Waals surface area contributed by atoms with Crippen molar-refractivity contribution in [3.05, 3.63) is 63.6 Å². The quantitative estimate of drug-likeness (QED) is 0.447. The van der Waals surface area contributed by atoms with Crippen LogP contribution in [0.5, 0.6) is 5.75 Å². The lowest BCUT2D eigenvalue weighted by Gasteiger charge is -2.14. The molecule has 1 N–H and O–H groups in total. The third-order valence-corrected chi connectivity index (χ3v) is 4.80. The fourth-order valence-electron chi connectivity index (χ4n) is 2.56. The van der Waals surface area contributed by atoms with Crippen molar-refractivity contribution >= 4 is 45.3 Å². The van der Waals surface area contributed by atoms with E-state index in [-0.39, 0.29) is 23.7 Å². The molecule has 7 nitrogen and oxygen atoms in total. The number of nitrogens with one attached hydrogen (secondary N) is 1. The number of anilines is 1. The summed E-state index contributed by atoms with van der Waals surface area (Å²) in [6, 6.07) is 13.7. The lowest BCUT2D eigenvalue weighted by molar-refractivity contribution is -0.122. The summed E-state index contributed by atoms with van der Waals surface area (Å²) in [6.45, 7) is 3.41. The molecule has 0 aliphatic rings. The molecular weight excluding hydrogens is 476 g/mol. The van der Waals surface area contributed by atoms with Crippen LogP contribution in [0.25, 0.3) is 11.3 Å².